The highest BCUT2D eigenvalue weighted by atomic mass is 32.2. The van der Waals surface area contributed by atoms with Crippen LogP contribution in [0.3, 0.4) is 0 Å². The normalized spacial score (nSPS) is 15.4. The summed E-state index contributed by atoms with van der Waals surface area (Å²) in [6.07, 6.45) is 0. The lowest BCUT2D eigenvalue weighted by molar-refractivity contribution is -0.132. The summed E-state index contributed by atoms with van der Waals surface area (Å²) in [5, 5.41) is 4.85. The summed E-state index contributed by atoms with van der Waals surface area (Å²) < 4.78 is 0. The standard InChI is InChI=1S/C11H14N2O2S2/c1-8-2-3-17-9(8)4-12-10(14)5-13-7-16-6-11(13)15/h2-3H,4-7H2,1H3,(H,12,14). The molecule has 0 atom stereocenters. The van der Waals surface area contributed by atoms with Gasteiger partial charge in [-0.25, -0.2) is 0 Å². The molecule has 1 saturated heterocycles. The molecular weight excluding hydrogens is 256 g/mol. The van der Waals surface area contributed by atoms with Crippen molar-refractivity contribution in [2.75, 3.05) is 18.2 Å². The van der Waals surface area contributed by atoms with Crippen molar-refractivity contribution in [2.45, 2.75) is 13.5 Å². The van der Waals surface area contributed by atoms with Gasteiger partial charge in [-0.3, -0.25) is 9.59 Å². The van der Waals surface area contributed by atoms with E-state index in [4.69, 9.17) is 0 Å². The van der Waals surface area contributed by atoms with E-state index >= 15 is 0 Å². The lowest BCUT2D eigenvalue weighted by atomic mass is 10.3. The van der Waals surface area contributed by atoms with Gasteiger partial charge in [0, 0.05) is 4.88 Å². The van der Waals surface area contributed by atoms with E-state index in [9.17, 15) is 9.59 Å². The summed E-state index contributed by atoms with van der Waals surface area (Å²) in [5.41, 5.74) is 1.20. The van der Waals surface area contributed by atoms with Crippen LogP contribution in [0.4, 0.5) is 0 Å². The van der Waals surface area contributed by atoms with E-state index in [1.807, 2.05) is 18.4 Å². The molecule has 2 amide bonds. The topological polar surface area (TPSA) is 49.4 Å². The molecule has 0 radical (unpaired) electrons. The van der Waals surface area contributed by atoms with Gasteiger partial charge in [0.1, 0.15) is 6.54 Å². The van der Waals surface area contributed by atoms with Crippen molar-refractivity contribution in [1.29, 1.82) is 0 Å². The average Bonchev–Trinajstić information content (AvgIpc) is 2.86. The summed E-state index contributed by atoms with van der Waals surface area (Å²) in [6.45, 7) is 2.76. The van der Waals surface area contributed by atoms with E-state index in [1.54, 1.807) is 28.0 Å². The number of thioether (sulfide) groups is 1. The van der Waals surface area contributed by atoms with Crippen LogP contribution in [0.25, 0.3) is 0 Å². The summed E-state index contributed by atoms with van der Waals surface area (Å²) in [6, 6.07) is 2.03. The molecule has 1 aromatic heterocycles. The zero-order valence-corrected chi connectivity index (χ0v) is 11.2. The van der Waals surface area contributed by atoms with Gasteiger partial charge in [0.05, 0.1) is 18.2 Å². The summed E-state index contributed by atoms with van der Waals surface area (Å²) in [4.78, 5) is 25.7. The highest BCUT2D eigenvalue weighted by molar-refractivity contribution is 8.00. The highest BCUT2D eigenvalue weighted by Crippen LogP contribution is 2.15. The molecule has 0 bridgehead atoms. The molecule has 1 fully saturated rings. The summed E-state index contributed by atoms with van der Waals surface area (Å²) in [5.74, 6) is 1.09. The molecule has 0 saturated carbocycles. The van der Waals surface area contributed by atoms with E-state index in [2.05, 4.69) is 5.32 Å². The first-order chi connectivity index (χ1) is 8.16. The van der Waals surface area contributed by atoms with Gasteiger partial charge in [-0.05, 0) is 23.9 Å². The predicted octanol–water partition coefficient (Wildman–Crippen LogP) is 1.21. The first-order valence-electron chi connectivity index (χ1n) is 5.32. The van der Waals surface area contributed by atoms with Crippen LogP contribution in [0.5, 0.6) is 0 Å². The Morgan fingerprint density at radius 2 is 2.41 bits per heavy atom. The third-order valence-electron chi connectivity index (χ3n) is 2.57. The maximum atomic E-state index is 11.6. The Morgan fingerprint density at radius 1 is 1.59 bits per heavy atom. The number of nitrogens with zero attached hydrogens (tertiary/aromatic N) is 1. The van der Waals surface area contributed by atoms with Crippen LogP contribution in [-0.2, 0) is 16.1 Å². The maximum absolute atomic E-state index is 11.6. The van der Waals surface area contributed by atoms with Crippen LogP contribution in [-0.4, -0.2) is 34.9 Å². The van der Waals surface area contributed by atoms with Crippen LogP contribution in [0.15, 0.2) is 11.4 Å². The Balaban J connectivity index is 1.78. The fraction of sp³-hybridized carbons (Fsp3) is 0.455. The van der Waals surface area contributed by atoms with Gasteiger partial charge in [0.2, 0.25) is 11.8 Å². The molecule has 4 nitrogen and oxygen atoms in total. The van der Waals surface area contributed by atoms with Gasteiger partial charge in [-0.1, -0.05) is 0 Å². The van der Waals surface area contributed by atoms with E-state index < -0.39 is 0 Å². The number of aryl methyl sites for hydroxylation is 1. The van der Waals surface area contributed by atoms with Gasteiger partial charge in [-0.2, -0.15) is 0 Å². The Hall–Kier alpha value is -1.01. The number of hydrogen-bond acceptors (Lipinski definition) is 4. The SMILES string of the molecule is Cc1ccsc1CNC(=O)CN1CSCC1=O. The molecular formula is C11H14N2O2S2. The zero-order chi connectivity index (χ0) is 12.3. The van der Waals surface area contributed by atoms with Crippen LogP contribution < -0.4 is 5.32 Å². The smallest absolute Gasteiger partial charge is 0.239 e. The molecule has 0 aromatic carbocycles. The lowest BCUT2D eigenvalue weighted by Gasteiger charge is -2.13. The second-order valence-electron chi connectivity index (χ2n) is 3.87. The minimum atomic E-state index is -0.0892. The maximum Gasteiger partial charge on any atom is 0.239 e. The lowest BCUT2D eigenvalue weighted by Crippen LogP contribution is -2.37. The first kappa shape index (κ1) is 12.4. The Kier molecular flexibility index (Phi) is 4.06. The van der Waals surface area contributed by atoms with Gasteiger partial charge < -0.3 is 10.2 Å². The van der Waals surface area contributed by atoms with Gasteiger partial charge in [-0.15, -0.1) is 23.1 Å². The number of hydrogen-bond donors (Lipinski definition) is 1. The Bertz CT molecular complexity index is 431. The zero-order valence-electron chi connectivity index (χ0n) is 9.56. The Morgan fingerprint density at radius 3 is 3.00 bits per heavy atom. The van der Waals surface area contributed by atoms with Crippen LogP contribution in [0, 0.1) is 6.92 Å². The van der Waals surface area contributed by atoms with Crippen molar-refractivity contribution >= 4 is 34.9 Å². The van der Waals surface area contributed by atoms with Crippen molar-refractivity contribution < 1.29 is 9.59 Å². The minimum absolute atomic E-state index is 0.0532. The second-order valence-corrected chi connectivity index (χ2v) is 5.83. The van der Waals surface area contributed by atoms with Crippen molar-refractivity contribution in [1.82, 2.24) is 10.2 Å². The second kappa shape index (κ2) is 5.55. The molecule has 1 aliphatic rings. The molecule has 92 valence electrons. The molecule has 2 heterocycles. The van der Waals surface area contributed by atoms with Crippen molar-refractivity contribution in [3.63, 3.8) is 0 Å². The number of nitrogens with one attached hydrogen (secondary N) is 1. The number of rotatable bonds is 4. The van der Waals surface area contributed by atoms with E-state index in [0.717, 1.165) is 0 Å². The highest BCUT2D eigenvalue weighted by Gasteiger charge is 2.22. The van der Waals surface area contributed by atoms with Crippen molar-refractivity contribution in [2.24, 2.45) is 0 Å². The van der Waals surface area contributed by atoms with E-state index in [-0.39, 0.29) is 18.4 Å². The summed E-state index contributed by atoms with van der Waals surface area (Å²) >= 11 is 3.18. The third-order valence-corrected chi connectivity index (χ3v) is 4.54. The summed E-state index contributed by atoms with van der Waals surface area (Å²) in [7, 11) is 0. The molecule has 6 heteroatoms. The van der Waals surface area contributed by atoms with Gasteiger partial charge >= 0.3 is 0 Å². The monoisotopic (exact) mass is 270 g/mol. The van der Waals surface area contributed by atoms with Crippen molar-refractivity contribution in [3.05, 3.63) is 21.9 Å². The average molecular weight is 270 g/mol. The predicted molar refractivity (Wildman–Crippen MR) is 69.9 cm³/mol. The molecule has 17 heavy (non-hydrogen) atoms. The molecule has 0 spiro atoms. The van der Waals surface area contributed by atoms with E-state index in [1.165, 1.54) is 10.4 Å². The molecule has 1 N–H and O–H groups in total. The largest absolute Gasteiger partial charge is 0.350 e. The van der Waals surface area contributed by atoms with Gasteiger partial charge in [0.15, 0.2) is 0 Å². The first-order valence-corrected chi connectivity index (χ1v) is 7.35. The quantitative estimate of drug-likeness (QED) is 0.894. The minimum Gasteiger partial charge on any atom is -0.350 e. The number of amides is 2. The van der Waals surface area contributed by atoms with Crippen LogP contribution in [0.2, 0.25) is 0 Å². The number of carbonyl (C=O) groups excluding carboxylic acids is 2. The third kappa shape index (κ3) is 3.23. The molecule has 0 unspecified atom stereocenters. The van der Waals surface area contributed by atoms with Crippen LogP contribution in [0.1, 0.15) is 10.4 Å². The molecule has 1 aromatic rings. The van der Waals surface area contributed by atoms with Crippen LogP contribution >= 0.6 is 23.1 Å². The molecule has 2 rings (SSSR count). The van der Waals surface area contributed by atoms with Gasteiger partial charge in [0.25, 0.3) is 0 Å². The van der Waals surface area contributed by atoms with Crippen molar-refractivity contribution in [3.8, 4) is 0 Å². The fourth-order valence-corrected chi connectivity index (χ4v) is 3.28. The number of carbonyl (C=O) groups is 2. The van der Waals surface area contributed by atoms with E-state index in [0.29, 0.717) is 18.2 Å². The molecule has 0 aliphatic carbocycles. The molecule has 1 aliphatic heterocycles. The Labute approximate surface area is 108 Å². The number of thiophene rings is 1. The fourth-order valence-electron chi connectivity index (χ4n) is 1.53.